The molecule has 10 heteroatoms. The van der Waals surface area contributed by atoms with Gasteiger partial charge >= 0.3 is 7.12 Å². The van der Waals surface area contributed by atoms with E-state index >= 15 is 0 Å². The van der Waals surface area contributed by atoms with E-state index in [9.17, 15) is 9.59 Å². The van der Waals surface area contributed by atoms with Crippen LogP contribution in [0.4, 0.5) is 5.69 Å². The molecule has 2 aliphatic rings. The summed E-state index contributed by atoms with van der Waals surface area (Å²) in [5.41, 5.74) is 2.62. The molecule has 1 aromatic carbocycles. The van der Waals surface area contributed by atoms with E-state index < -0.39 is 18.3 Å². The minimum absolute atomic E-state index is 0.0265. The minimum atomic E-state index is -0.629. The van der Waals surface area contributed by atoms with Gasteiger partial charge in [0.2, 0.25) is 0 Å². The van der Waals surface area contributed by atoms with Gasteiger partial charge in [0.1, 0.15) is 5.75 Å². The number of anilines is 1. The first kappa shape index (κ1) is 31.1. The Kier molecular flexibility index (Phi) is 8.70. The van der Waals surface area contributed by atoms with Crippen molar-refractivity contribution in [2.24, 2.45) is 0 Å². The molecule has 0 saturated carbocycles. The number of pyridine rings is 1. The first-order valence-corrected chi connectivity index (χ1v) is 14.5. The highest BCUT2D eigenvalue weighted by molar-refractivity contribution is 6.62. The van der Waals surface area contributed by atoms with Crippen LogP contribution in [0.1, 0.15) is 88.5 Å². The molecule has 1 unspecified atom stereocenters. The Hall–Kier alpha value is -2.82. The Labute approximate surface area is 244 Å². The van der Waals surface area contributed by atoms with E-state index in [0.717, 1.165) is 36.1 Å². The number of hydrogen-bond acceptors (Lipinski definition) is 7. The number of methoxy groups -OCH3 is 1. The van der Waals surface area contributed by atoms with Crippen molar-refractivity contribution < 1.29 is 23.6 Å². The van der Waals surface area contributed by atoms with E-state index in [1.54, 1.807) is 13.0 Å². The molecule has 0 aliphatic carbocycles. The number of carbonyl (C=O) groups is 1. The number of nitrogens with one attached hydrogen (secondary N) is 2. The number of aryl methyl sites for hydroxylation is 1. The van der Waals surface area contributed by atoms with Crippen LogP contribution >= 0.6 is 0 Å². The van der Waals surface area contributed by atoms with Crippen molar-refractivity contribution in [1.82, 2.24) is 10.3 Å². The fourth-order valence-corrected chi connectivity index (χ4v) is 5.76. The van der Waals surface area contributed by atoms with Crippen molar-refractivity contribution >= 4 is 24.2 Å². The molecule has 0 bridgehead atoms. The summed E-state index contributed by atoms with van der Waals surface area (Å²) in [6.07, 6.45) is 1.77. The van der Waals surface area contributed by atoms with E-state index in [4.69, 9.17) is 18.8 Å². The molecule has 224 valence electrons. The molecule has 2 aliphatic heterocycles. The third kappa shape index (κ3) is 6.34. The molecule has 3 heterocycles. The fraction of sp³-hybridized carbons (Fsp3) is 0.613. The predicted octanol–water partition coefficient (Wildman–Crippen LogP) is 4.01. The van der Waals surface area contributed by atoms with Crippen LogP contribution in [0.5, 0.6) is 5.75 Å². The van der Waals surface area contributed by atoms with Crippen LogP contribution in [0.3, 0.4) is 0 Å². The molecule has 1 atom stereocenters. The summed E-state index contributed by atoms with van der Waals surface area (Å²) in [5, 5.41) is 2.96. The van der Waals surface area contributed by atoms with E-state index in [0.29, 0.717) is 29.2 Å². The Morgan fingerprint density at radius 1 is 1.12 bits per heavy atom. The summed E-state index contributed by atoms with van der Waals surface area (Å²) in [5.74, 6) is 0.154. The van der Waals surface area contributed by atoms with Gasteiger partial charge in [-0.25, -0.2) is 0 Å². The summed E-state index contributed by atoms with van der Waals surface area (Å²) < 4.78 is 24.2. The number of aromatic nitrogens is 1. The summed E-state index contributed by atoms with van der Waals surface area (Å²) >= 11 is 0. The average Bonchev–Trinajstić information content (AvgIpc) is 3.10. The van der Waals surface area contributed by atoms with Gasteiger partial charge < -0.3 is 34.0 Å². The summed E-state index contributed by atoms with van der Waals surface area (Å²) in [6, 6.07) is 5.96. The molecule has 1 aromatic heterocycles. The van der Waals surface area contributed by atoms with Gasteiger partial charge in [-0.05, 0) is 104 Å². The van der Waals surface area contributed by atoms with Crippen molar-refractivity contribution in [3.63, 3.8) is 0 Å². The normalized spacial score (nSPS) is 21.0. The zero-order valence-electron chi connectivity index (χ0n) is 26.3. The molecule has 9 nitrogen and oxygen atoms in total. The number of hydrogen-bond donors (Lipinski definition) is 2. The third-order valence-corrected chi connectivity index (χ3v) is 8.81. The Balaban J connectivity index is 1.74. The van der Waals surface area contributed by atoms with Crippen molar-refractivity contribution in [2.75, 3.05) is 25.2 Å². The van der Waals surface area contributed by atoms with Gasteiger partial charge in [0.15, 0.2) is 0 Å². The molecule has 2 N–H and O–H groups in total. The van der Waals surface area contributed by atoms with E-state index in [2.05, 4.69) is 42.0 Å². The maximum absolute atomic E-state index is 13.8. The number of rotatable bonds is 8. The zero-order chi connectivity index (χ0) is 30.3. The number of aromatic amines is 1. The Morgan fingerprint density at radius 3 is 2.37 bits per heavy atom. The summed E-state index contributed by atoms with van der Waals surface area (Å²) in [7, 11) is 0.886. The monoisotopic (exact) mass is 567 g/mol. The van der Waals surface area contributed by atoms with Crippen molar-refractivity contribution in [3.8, 4) is 5.75 Å². The Morgan fingerprint density at radius 2 is 1.78 bits per heavy atom. The summed E-state index contributed by atoms with van der Waals surface area (Å²) in [6.45, 7) is 19.7. The van der Waals surface area contributed by atoms with Gasteiger partial charge in [0.05, 0.1) is 36.0 Å². The van der Waals surface area contributed by atoms with Crippen LogP contribution in [0, 0.1) is 13.8 Å². The van der Waals surface area contributed by atoms with Crippen molar-refractivity contribution in [3.05, 3.63) is 50.9 Å². The van der Waals surface area contributed by atoms with E-state index in [1.165, 1.54) is 7.11 Å². The highest BCUT2D eigenvalue weighted by Crippen LogP contribution is 2.38. The molecule has 41 heavy (non-hydrogen) atoms. The molecular weight excluding hydrogens is 521 g/mol. The van der Waals surface area contributed by atoms with Gasteiger partial charge in [0, 0.05) is 36.1 Å². The average molecular weight is 568 g/mol. The highest BCUT2D eigenvalue weighted by atomic mass is 16.7. The molecule has 0 spiro atoms. The predicted molar refractivity (Wildman–Crippen MR) is 162 cm³/mol. The van der Waals surface area contributed by atoms with Crippen LogP contribution in [-0.2, 0) is 20.6 Å². The van der Waals surface area contributed by atoms with Crippen LogP contribution in [-0.4, -0.2) is 61.1 Å². The second-order valence-corrected chi connectivity index (χ2v) is 12.9. The molecule has 2 saturated heterocycles. The van der Waals surface area contributed by atoms with E-state index in [-0.39, 0.29) is 29.7 Å². The first-order chi connectivity index (χ1) is 19.1. The molecule has 1 amide bonds. The number of nitrogens with zero attached hydrogens (tertiary/aromatic N) is 1. The molecular formula is C31H46BN3O6. The maximum Gasteiger partial charge on any atom is 0.494 e. The largest absolute Gasteiger partial charge is 0.496 e. The maximum atomic E-state index is 13.8. The first-order valence-electron chi connectivity index (χ1n) is 14.5. The van der Waals surface area contributed by atoms with Crippen molar-refractivity contribution in [1.29, 1.82) is 0 Å². The van der Waals surface area contributed by atoms with Crippen LogP contribution in [0.15, 0.2) is 23.0 Å². The number of amides is 1. The molecule has 4 rings (SSSR count). The fourth-order valence-electron chi connectivity index (χ4n) is 5.76. The number of benzene rings is 1. The number of carbonyl (C=O) groups excluding carboxylic acids is 1. The van der Waals surface area contributed by atoms with Crippen LogP contribution in [0.25, 0.3) is 0 Å². The quantitative estimate of drug-likeness (QED) is 0.465. The zero-order valence-corrected chi connectivity index (χ0v) is 26.3. The molecule has 2 fully saturated rings. The minimum Gasteiger partial charge on any atom is -0.496 e. The van der Waals surface area contributed by atoms with Crippen molar-refractivity contribution in [2.45, 2.75) is 105 Å². The van der Waals surface area contributed by atoms with E-state index in [1.807, 2.05) is 40.7 Å². The second-order valence-electron chi connectivity index (χ2n) is 12.9. The molecule has 2 aromatic rings. The smallest absolute Gasteiger partial charge is 0.494 e. The van der Waals surface area contributed by atoms with Gasteiger partial charge in [-0.15, -0.1) is 0 Å². The third-order valence-electron chi connectivity index (χ3n) is 8.81. The van der Waals surface area contributed by atoms with Gasteiger partial charge in [-0.2, -0.15) is 0 Å². The Bertz CT molecular complexity index is 1340. The molecule has 0 radical (unpaired) electrons. The lowest BCUT2D eigenvalue weighted by Crippen LogP contribution is -2.47. The second kappa shape index (κ2) is 11.5. The van der Waals surface area contributed by atoms with Gasteiger partial charge in [-0.3, -0.25) is 9.59 Å². The highest BCUT2D eigenvalue weighted by Gasteiger charge is 2.52. The number of H-pyrrole nitrogens is 1. The SMILES string of the molecule is CCN(c1cc(B2OC(C)(C)C(C)(C)O2)cc(C(=O)NCc2c(OC)cc(C)[nH]c2=O)c1C)C1CCOC(C)(C)C1. The van der Waals surface area contributed by atoms with Crippen LogP contribution < -0.4 is 26.0 Å². The number of ether oxygens (including phenoxy) is 2. The lowest BCUT2D eigenvalue weighted by atomic mass is 9.76. The van der Waals surface area contributed by atoms with Gasteiger partial charge in [0.25, 0.3) is 11.5 Å². The van der Waals surface area contributed by atoms with Gasteiger partial charge in [-0.1, -0.05) is 0 Å². The standard InChI is InChI=1S/C31H46BN3O6/c1-11-35(22-12-13-39-29(4,5)17-22)25-16-21(32-40-30(6,7)31(8,9)41-32)15-23(20(25)3)27(36)33-18-24-26(38-10)14-19(2)34-28(24)37/h14-16,22H,11-13,17-18H2,1-10H3,(H,33,36)(H,34,37). The van der Waals surface area contributed by atoms with Crippen LogP contribution in [0.2, 0.25) is 0 Å². The summed E-state index contributed by atoms with van der Waals surface area (Å²) in [4.78, 5) is 31.6. The topological polar surface area (TPSA) is 102 Å². The lowest BCUT2D eigenvalue weighted by Gasteiger charge is -2.42. The lowest BCUT2D eigenvalue weighted by molar-refractivity contribution is -0.0588.